The Bertz CT molecular complexity index is 1120. The summed E-state index contributed by atoms with van der Waals surface area (Å²) < 4.78 is 31.7. The van der Waals surface area contributed by atoms with Gasteiger partial charge in [0.15, 0.2) is 0 Å². The van der Waals surface area contributed by atoms with E-state index >= 15 is 0 Å². The molecule has 0 fully saturated rings. The number of nitrogens with zero attached hydrogens (tertiary/aromatic N) is 2. The molecule has 130 valence electrons. The number of thiazole rings is 1. The van der Waals surface area contributed by atoms with Crippen LogP contribution >= 0.6 is 11.3 Å². The number of sulfonamides is 1. The van der Waals surface area contributed by atoms with Gasteiger partial charge in [-0.05, 0) is 12.1 Å². The molecule has 2 heterocycles. The predicted octanol–water partition coefficient (Wildman–Crippen LogP) is 4.27. The van der Waals surface area contributed by atoms with Gasteiger partial charge in [0.05, 0.1) is 11.9 Å². The van der Waals surface area contributed by atoms with Gasteiger partial charge in [0.1, 0.15) is 16.2 Å². The molecular weight excluding hydrogens is 370 g/mol. The minimum Gasteiger partial charge on any atom is -0.363 e. The van der Waals surface area contributed by atoms with Crippen LogP contribution in [0, 0.1) is 0 Å². The summed E-state index contributed by atoms with van der Waals surface area (Å²) in [5.74, 6) is 0. The third-order valence-corrected chi connectivity index (χ3v) is 5.87. The Hall–Kier alpha value is -2.97. The zero-order chi connectivity index (χ0) is 18.0. The Kier molecular flexibility index (Phi) is 4.27. The SMILES string of the molecule is O=S(=O)(Nc1cccc(-c2csc(-c3ccccc3)n2)c1)c1cnoc1. The summed E-state index contributed by atoms with van der Waals surface area (Å²) in [4.78, 5) is 4.63. The normalized spacial score (nSPS) is 11.4. The van der Waals surface area contributed by atoms with Crippen LogP contribution in [-0.2, 0) is 10.0 Å². The molecule has 0 aliphatic carbocycles. The zero-order valence-electron chi connectivity index (χ0n) is 13.4. The lowest BCUT2D eigenvalue weighted by molar-refractivity contribution is 0.417. The highest BCUT2D eigenvalue weighted by Crippen LogP contribution is 2.30. The molecule has 0 saturated heterocycles. The Morgan fingerprint density at radius 2 is 1.81 bits per heavy atom. The van der Waals surface area contributed by atoms with Crippen molar-refractivity contribution in [1.82, 2.24) is 10.1 Å². The first-order valence-corrected chi connectivity index (χ1v) is 10.0. The molecular formula is C18H13N3O3S2. The molecule has 8 heteroatoms. The topological polar surface area (TPSA) is 85.1 Å². The van der Waals surface area contributed by atoms with Crippen LogP contribution in [0.5, 0.6) is 0 Å². The smallest absolute Gasteiger partial charge is 0.266 e. The first-order valence-electron chi connectivity index (χ1n) is 7.65. The number of hydrogen-bond acceptors (Lipinski definition) is 6. The summed E-state index contributed by atoms with van der Waals surface area (Å²) in [6.07, 6.45) is 2.23. The van der Waals surface area contributed by atoms with Gasteiger partial charge >= 0.3 is 0 Å². The minimum absolute atomic E-state index is 0.0251. The van der Waals surface area contributed by atoms with Crippen molar-refractivity contribution in [2.24, 2.45) is 0 Å². The Labute approximate surface area is 154 Å². The molecule has 4 rings (SSSR count). The molecule has 0 spiro atoms. The number of aromatic nitrogens is 2. The highest BCUT2D eigenvalue weighted by atomic mass is 32.2. The van der Waals surface area contributed by atoms with Crippen molar-refractivity contribution in [2.75, 3.05) is 4.72 Å². The van der Waals surface area contributed by atoms with Crippen LogP contribution in [-0.4, -0.2) is 18.6 Å². The van der Waals surface area contributed by atoms with Gasteiger partial charge in [0.2, 0.25) is 0 Å². The fourth-order valence-electron chi connectivity index (χ4n) is 2.40. The van der Waals surface area contributed by atoms with E-state index in [0.717, 1.165) is 34.3 Å². The molecule has 26 heavy (non-hydrogen) atoms. The molecule has 0 saturated carbocycles. The van der Waals surface area contributed by atoms with Crippen molar-refractivity contribution >= 4 is 27.0 Å². The van der Waals surface area contributed by atoms with Gasteiger partial charge < -0.3 is 4.52 Å². The predicted molar refractivity (Wildman–Crippen MR) is 100 cm³/mol. The van der Waals surface area contributed by atoms with Gasteiger partial charge in [0, 0.05) is 22.2 Å². The molecule has 0 atom stereocenters. The van der Waals surface area contributed by atoms with Gasteiger partial charge in [-0.25, -0.2) is 13.4 Å². The molecule has 0 radical (unpaired) electrons. The summed E-state index contributed by atoms with van der Waals surface area (Å²) in [7, 11) is -3.73. The van der Waals surface area contributed by atoms with Gasteiger partial charge in [0.25, 0.3) is 10.0 Å². The average Bonchev–Trinajstić information content (AvgIpc) is 3.35. The van der Waals surface area contributed by atoms with Gasteiger partial charge in [-0.3, -0.25) is 4.72 Å². The van der Waals surface area contributed by atoms with Crippen LogP contribution in [0.3, 0.4) is 0 Å². The van der Waals surface area contributed by atoms with Gasteiger partial charge in [-0.1, -0.05) is 47.6 Å². The van der Waals surface area contributed by atoms with Crippen molar-refractivity contribution in [1.29, 1.82) is 0 Å². The van der Waals surface area contributed by atoms with Gasteiger partial charge in [-0.15, -0.1) is 11.3 Å². The monoisotopic (exact) mass is 383 g/mol. The standard InChI is InChI=1S/C18H13N3O3S2/c22-26(23,16-10-19-24-11-16)21-15-8-4-7-14(9-15)17-12-25-18(20-17)13-5-2-1-3-6-13/h1-12,21H. The number of nitrogens with one attached hydrogen (secondary N) is 1. The first-order chi connectivity index (χ1) is 12.6. The minimum atomic E-state index is -3.73. The largest absolute Gasteiger partial charge is 0.363 e. The van der Waals surface area contributed by atoms with E-state index < -0.39 is 10.0 Å². The molecule has 0 amide bonds. The fraction of sp³-hybridized carbons (Fsp3) is 0. The summed E-state index contributed by atoms with van der Waals surface area (Å²) in [5, 5.41) is 6.29. The van der Waals surface area contributed by atoms with E-state index in [1.54, 1.807) is 29.5 Å². The second-order valence-electron chi connectivity index (χ2n) is 5.45. The maximum Gasteiger partial charge on any atom is 0.266 e. The summed E-state index contributed by atoms with van der Waals surface area (Å²) in [5.41, 5.74) is 3.11. The molecule has 2 aromatic heterocycles. The summed E-state index contributed by atoms with van der Waals surface area (Å²) in [6.45, 7) is 0. The average molecular weight is 383 g/mol. The summed E-state index contributed by atoms with van der Waals surface area (Å²) in [6, 6.07) is 17.0. The van der Waals surface area contributed by atoms with Crippen molar-refractivity contribution in [2.45, 2.75) is 4.90 Å². The van der Waals surface area contributed by atoms with Crippen LogP contribution < -0.4 is 4.72 Å². The van der Waals surface area contributed by atoms with Crippen LogP contribution in [0.15, 0.2) is 81.9 Å². The third-order valence-electron chi connectivity index (χ3n) is 3.66. The maximum atomic E-state index is 12.3. The number of benzene rings is 2. The Morgan fingerprint density at radius 1 is 1.00 bits per heavy atom. The number of rotatable bonds is 5. The van der Waals surface area contributed by atoms with E-state index in [1.165, 1.54) is 0 Å². The van der Waals surface area contributed by atoms with E-state index in [2.05, 4.69) is 19.4 Å². The molecule has 0 unspecified atom stereocenters. The molecule has 0 bridgehead atoms. The lowest BCUT2D eigenvalue weighted by atomic mass is 10.1. The third kappa shape index (κ3) is 3.37. The van der Waals surface area contributed by atoms with E-state index in [9.17, 15) is 8.42 Å². The first kappa shape index (κ1) is 16.5. The van der Waals surface area contributed by atoms with E-state index in [4.69, 9.17) is 0 Å². The van der Waals surface area contributed by atoms with Crippen LogP contribution in [0.2, 0.25) is 0 Å². The van der Waals surface area contributed by atoms with Crippen molar-refractivity contribution in [3.8, 4) is 21.8 Å². The van der Waals surface area contributed by atoms with Crippen LogP contribution in [0.4, 0.5) is 5.69 Å². The highest BCUT2D eigenvalue weighted by molar-refractivity contribution is 7.92. The lowest BCUT2D eigenvalue weighted by Crippen LogP contribution is -2.12. The van der Waals surface area contributed by atoms with Gasteiger partial charge in [-0.2, -0.15) is 0 Å². The second kappa shape index (κ2) is 6.74. The number of anilines is 1. The molecule has 1 N–H and O–H groups in total. The maximum absolute atomic E-state index is 12.3. The van der Waals surface area contributed by atoms with Crippen LogP contribution in [0.1, 0.15) is 0 Å². The van der Waals surface area contributed by atoms with Crippen molar-refractivity contribution in [3.05, 3.63) is 72.4 Å². The van der Waals surface area contributed by atoms with Crippen molar-refractivity contribution < 1.29 is 12.9 Å². The van der Waals surface area contributed by atoms with Crippen molar-refractivity contribution in [3.63, 3.8) is 0 Å². The molecule has 0 aliphatic heterocycles. The van der Waals surface area contributed by atoms with E-state index in [-0.39, 0.29) is 4.90 Å². The molecule has 0 aliphatic rings. The molecule has 4 aromatic rings. The summed E-state index contributed by atoms with van der Waals surface area (Å²) >= 11 is 1.54. The highest BCUT2D eigenvalue weighted by Gasteiger charge is 2.17. The molecule has 2 aromatic carbocycles. The Morgan fingerprint density at radius 3 is 2.58 bits per heavy atom. The van der Waals surface area contributed by atoms with E-state index in [1.807, 2.05) is 41.8 Å². The number of hydrogen-bond donors (Lipinski definition) is 1. The van der Waals surface area contributed by atoms with E-state index in [0.29, 0.717) is 5.69 Å². The second-order valence-corrected chi connectivity index (χ2v) is 7.99. The lowest BCUT2D eigenvalue weighted by Gasteiger charge is -2.07. The quantitative estimate of drug-likeness (QED) is 0.556. The Balaban J connectivity index is 1.62. The fourth-order valence-corrected chi connectivity index (χ4v) is 4.15. The zero-order valence-corrected chi connectivity index (χ0v) is 15.0. The molecule has 6 nitrogen and oxygen atoms in total. The van der Waals surface area contributed by atoms with Crippen LogP contribution in [0.25, 0.3) is 21.8 Å².